The fourth-order valence-electron chi connectivity index (χ4n) is 3.40. The molecule has 0 aromatic heterocycles. The standard InChI is InChI=1S/C18H20ClNO3/c1-11-17(18(22)23-14-7-2-3-8-14)15(10-16(21)20-11)12-5-4-6-13(19)9-12/h4-6,9,14-15H,2-3,7-8,10H2,1H3,(H,20,21). The van der Waals surface area contributed by atoms with Crippen molar-refractivity contribution in [2.45, 2.75) is 51.0 Å². The van der Waals surface area contributed by atoms with Crippen molar-refractivity contribution in [3.63, 3.8) is 0 Å². The number of hydrogen-bond donors (Lipinski definition) is 1. The van der Waals surface area contributed by atoms with Gasteiger partial charge in [0, 0.05) is 23.1 Å². The lowest BCUT2D eigenvalue weighted by Gasteiger charge is -2.27. The molecule has 2 aliphatic rings. The highest BCUT2D eigenvalue weighted by Gasteiger charge is 2.34. The van der Waals surface area contributed by atoms with Crippen LogP contribution in [0, 0.1) is 0 Å². The van der Waals surface area contributed by atoms with Crippen LogP contribution in [0.3, 0.4) is 0 Å². The van der Waals surface area contributed by atoms with Crippen molar-refractivity contribution >= 4 is 23.5 Å². The zero-order valence-corrected chi connectivity index (χ0v) is 13.9. The van der Waals surface area contributed by atoms with Gasteiger partial charge in [-0.2, -0.15) is 0 Å². The van der Waals surface area contributed by atoms with Gasteiger partial charge in [0.25, 0.3) is 0 Å². The number of esters is 1. The predicted octanol–water partition coefficient (Wildman–Crippen LogP) is 3.70. The zero-order valence-electron chi connectivity index (χ0n) is 13.1. The third kappa shape index (κ3) is 3.58. The maximum atomic E-state index is 12.7. The van der Waals surface area contributed by atoms with Gasteiger partial charge in [0.05, 0.1) is 5.57 Å². The number of benzene rings is 1. The molecule has 1 aromatic carbocycles. The van der Waals surface area contributed by atoms with Crippen molar-refractivity contribution < 1.29 is 14.3 Å². The SMILES string of the molecule is CC1=C(C(=O)OC2CCCC2)C(c2cccc(Cl)c2)CC(=O)N1. The molecule has 3 rings (SSSR count). The number of amides is 1. The molecule has 1 atom stereocenters. The molecule has 1 fully saturated rings. The van der Waals surface area contributed by atoms with Crippen molar-refractivity contribution in [3.8, 4) is 0 Å². The minimum atomic E-state index is -0.320. The van der Waals surface area contributed by atoms with E-state index in [4.69, 9.17) is 16.3 Å². The molecule has 0 radical (unpaired) electrons. The van der Waals surface area contributed by atoms with Crippen molar-refractivity contribution in [3.05, 3.63) is 46.1 Å². The summed E-state index contributed by atoms with van der Waals surface area (Å²) >= 11 is 6.07. The van der Waals surface area contributed by atoms with E-state index in [2.05, 4.69) is 5.32 Å². The van der Waals surface area contributed by atoms with Crippen LogP contribution in [0.4, 0.5) is 0 Å². The molecule has 1 N–H and O–H groups in total. The minimum absolute atomic E-state index is 0.000407. The van der Waals surface area contributed by atoms with Crippen LogP contribution in [-0.4, -0.2) is 18.0 Å². The van der Waals surface area contributed by atoms with Crippen LogP contribution >= 0.6 is 11.6 Å². The summed E-state index contributed by atoms with van der Waals surface area (Å²) in [6, 6.07) is 7.31. The van der Waals surface area contributed by atoms with Gasteiger partial charge in [-0.05, 0) is 50.3 Å². The van der Waals surface area contributed by atoms with Crippen LogP contribution in [0.5, 0.6) is 0 Å². The van der Waals surface area contributed by atoms with Crippen molar-refractivity contribution in [2.24, 2.45) is 0 Å². The maximum absolute atomic E-state index is 12.7. The molecule has 1 amide bonds. The van der Waals surface area contributed by atoms with Gasteiger partial charge >= 0.3 is 5.97 Å². The quantitative estimate of drug-likeness (QED) is 0.858. The second-order valence-corrected chi connectivity index (χ2v) is 6.65. The topological polar surface area (TPSA) is 55.4 Å². The van der Waals surface area contributed by atoms with E-state index in [-0.39, 0.29) is 30.3 Å². The summed E-state index contributed by atoms with van der Waals surface area (Å²) in [5.74, 6) is -0.722. The number of carbonyl (C=O) groups is 2. The average molecular weight is 334 g/mol. The molecule has 122 valence electrons. The van der Waals surface area contributed by atoms with E-state index >= 15 is 0 Å². The van der Waals surface area contributed by atoms with Crippen LogP contribution in [0.15, 0.2) is 35.5 Å². The summed E-state index contributed by atoms with van der Waals surface area (Å²) in [5.41, 5.74) is 1.98. The average Bonchev–Trinajstić information content (AvgIpc) is 2.99. The van der Waals surface area contributed by atoms with Gasteiger partial charge in [0.2, 0.25) is 5.91 Å². The molecule has 1 aromatic rings. The number of allylic oxidation sites excluding steroid dienone is 1. The molecular weight excluding hydrogens is 314 g/mol. The van der Waals surface area contributed by atoms with E-state index in [0.29, 0.717) is 16.3 Å². The van der Waals surface area contributed by atoms with E-state index in [1.807, 2.05) is 12.1 Å². The highest BCUT2D eigenvalue weighted by molar-refractivity contribution is 6.30. The zero-order chi connectivity index (χ0) is 16.4. The number of rotatable bonds is 3. The number of ether oxygens (including phenoxy) is 1. The van der Waals surface area contributed by atoms with Gasteiger partial charge in [-0.15, -0.1) is 0 Å². The summed E-state index contributed by atoms with van der Waals surface area (Å²) in [6.07, 6.45) is 4.28. The van der Waals surface area contributed by atoms with E-state index in [9.17, 15) is 9.59 Å². The van der Waals surface area contributed by atoms with Crippen LogP contribution in [-0.2, 0) is 14.3 Å². The predicted molar refractivity (Wildman–Crippen MR) is 88.0 cm³/mol. The van der Waals surface area contributed by atoms with Crippen molar-refractivity contribution in [1.29, 1.82) is 0 Å². The Morgan fingerprint density at radius 3 is 2.74 bits per heavy atom. The minimum Gasteiger partial charge on any atom is -0.459 e. The summed E-state index contributed by atoms with van der Waals surface area (Å²) in [7, 11) is 0. The van der Waals surface area contributed by atoms with Crippen LogP contribution in [0.25, 0.3) is 0 Å². The molecular formula is C18H20ClNO3. The van der Waals surface area contributed by atoms with Gasteiger partial charge < -0.3 is 10.1 Å². The second kappa shape index (κ2) is 6.75. The Morgan fingerprint density at radius 1 is 1.30 bits per heavy atom. The Kier molecular flexibility index (Phi) is 4.71. The first-order valence-corrected chi connectivity index (χ1v) is 8.39. The lowest BCUT2D eigenvalue weighted by atomic mass is 9.84. The molecule has 23 heavy (non-hydrogen) atoms. The Labute approximate surface area is 140 Å². The molecule has 1 aliphatic heterocycles. The summed E-state index contributed by atoms with van der Waals surface area (Å²) in [5, 5.41) is 3.35. The van der Waals surface area contributed by atoms with Gasteiger partial charge in [0.15, 0.2) is 0 Å². The van der Waals surface area contributed by atoms with Gasteiger partial charge in [0.1, 0.15) is 6.10 Å². The first-order valence-electron chi connectivity index (χ1n) is 8.01. The number of hydrogen-bond acceptors (Lipinski definition) is 3. The smallest absolute Gasteiger partial charge is 0.336 e. The fourth-order valence-corrected chi connectivity index (χ4v) is 3.60. The molecule has 0 saturated heterocycles. The fraction of sp³-hybridized carbons (Fsp3) is 0.444. The summed E-state index contributed by atoms with van der Waals surface area (Å²) in [6.45, 7) is 1.75. The first kappa shape index (κ1) is 16.1. The largest absolute Gasteiger partial charge is 0.459 e. The third-order valence-electron chi connectivity index (χ3n) is 4.52. The van der Waals surface area contributed by atoms with Gasteiger partial charge in [-0.25, -0.2) is 4.79 Å². The highest BCUT2D eigenvalue weighted by Crippen LogP contribution is 2.35. The summed E-state index contributed by atoms with van der Waals surface area (Å²) in [4.78, 5) is 24.6. The Hall–Kier alpha value is -1.81. The second-order valence-electron chi connectivity index (χ2n) is 6.21. The monoisotopic (exact) mass is 333 g/mol. The van der Waals surface area contributed by atoms with E-state index < -0.39 is 0 Å². The third-order valence-corrected chi connectivity index (χ3v) is 4.75. The van der Waals surface area contributed by atoms with E-state index in [0.717, 1.165) is 31.2 Å². The molecule has 1 aliphatic carbocycles. The Balaban J connectivity index is 1.90. The number of nitrogens with one attached hydrogen (secondary N) is 1. The van der Waals surface area contributed by atoms with Crippen molar-refractivity contribution in [1.82, 2.24) is 5.32 Å². The lowest BCUT2D eigenvalue weighted by Crippen LogP contribution is -2.35. The number of carbonyl (C=O) groups excluding carboxylic acids is 2. The maximum Gasteiger partial charge on any atom is 0.336 e. The van der Waals surface area contributed by atoms with Crippen LogP contribution in [0.2, 0.25) is 5.02 Å². The molecule has 0 spiro atoms. The highest BCUT2D eigenvalue weighted by atomic mass is 35.5. The normalized spacial score (nSPS) is 22.2. The van der Waals surface area contributed by atoms with Gasteiger partial charge in [-0.3, -0.25) is 4.79 Å². The molecule has 1 saturated carbocycles. The van der Waals surface area contributed by atoms with Crippen LogP contribution in [0.1, 0.15) is 50.5 Å². The molecule has 1 heterocycles. The Morgan fingerprint density at radius 2 is 2.04 bits per heavy atom. The lowest BCUT2D eigenvalue weighted by molar-refractivity contribution is -0.144. The molecule has 5 heteroatoms. The van der Waals surface area contributed by atoms with Crippen LogP contribution < -0.4 is 5.32 Å². The first-order chi connectivity index (χ1) is 11.0. The van der Waals surface area contributed by atoms with Gasteiger partial charge in [-0.1, -0.05) is 23.7 Å². The van der Waals surface area contributed by atoms with E-state index in [1.54, 1.807) is 19.1 Å². The molecule has 4 nitrogen and oxygen atoms in total. The molecule has 1 unspecified atom stereocenters. The van der Waals surface area contributed by atoms with Crippen molar-refractivity contribution in [2.75, 3.05) is 0 Å². The van der Waals surface area contributed by atoms with E-state index in [1.165, 1.54) is 0 Å². The molecule has 0 bridgehead atoms. The Bertz CT molecular complexity index is 662. The summed E-state index contributed by atoms with van der Waals surface area (Å²) < 4.78 is 5.66. The number of halogens is 1.